The van der Waals surface area contributed by atoms with Gasteiger partial charge in [-0.25, -0.2) is 0 Å². The highest BCUT2D eigenvalue weighted by atomic mass is 32.2. The minimum atomic E-state index is -1.57. The number of morpholine rings is 1. The van der Waals surface area contributed by atoms with Crippen LogP contribution in [-0.2, 0) is 20.7 Å². The van der Waals surface area contributed by atoms with E-state index in [1.807, 2.05) is 42.2 Å². The first-order valence-electron chi connectivity index (χ1n) is 14.1. The summed E-state index contributed by atoms with van der Waals surface area (Å²) in [5.41, 5.74) is 1.50. The van der Waals surface area contributed by atoms with Gasteiger partial charge in [0.15, 0.2) is 6.10 Å². The number of thioether (sulfide) groups is 1. The van der Waals surface area contributed by atoms with E-state index in [2.05, 4.69) is 10.2 Å². The molecular weight excluding hydrogens is 544 g/mol. The van der Waals surface area contributed by atoms with Crippen molar-refractivity contribution >= 4 is 29.5 Å². The molecule has 3 aliphatic heterocycles. The number of carbonyl (C=O) groups is 3. The fourth-order valence-corrected chi connectivity index (χ4v) is 7.30. The highest BCUT2D eigenvalue weighted by Gasteiger charge is 2.65. The number of aromatic hydroxyl groups is 1. The summed E-state index contributed by atoms with van der Waals surface area (Å²) in [6.45, 7) is 8.37. The Hall–Kier alpha value is -3.12. The SMILES string of the molecule is Cc1c(O)cccc1C(=O)N[C@@H](Cc1ccccc1)[C@H](O)C(=O)N1CSC2(C)[C@H]1C(=O)N2CCCN1CCOCC1. The minimum Gasteiger partial charge on any atom is -0.508 e. The lowest BCUT2D eigenvalue weighted by molar-refractivity contribution is -0.167. The summed E-state index contributed by atoms with van der Waals surface area (Å²) in [4.78, 5) is 45.3. The Labute approximate surface area is 244 Å². The van der Waals surface area contributed by atoms with Gasteiger partial charge in [0.05, 0.1) is 25.1 Å². The molecule has 0 radical (unpaired) electrons. The Bertz CT molecular complexity index is 1270. The van der Waals surface area contributed by atoms with E-state index in [9.17, 15) is 24.6 Å². The second kappa shape index (κ2) is 12.4. The molecule has 0 saturated carbocycles. The first-order valence-corrected chi connectivity index (χ1v) is 15.1. The number of hydrogen-bond donors (Lipinski definition) is 3. The third-order valence-corrected chi connectivity index (χ3v) is 9.83. The molecule has 5 rings (SSSR count). The van der Waals surface area contributed by atoms with Crippen LogP contribution in [0.15, 0.2) is 48.5 Å². The number of ether oxygens (including phenoxy) is 1. The fourth-order valence-electron chi connectivity index (χ4n) is 5.90. The van der Waals surface area contributed by atoms with E-state index in [4.69, 9.17) is 4.74 Å². The number of aliphatic hydroxyl groups is 1. The smallest absolute Gasteiger partial charge is 0.255 e. The van der Waals surface area contributed by atoms with E-state index in [0.29, 0.717) is 12.1 Å². The molecule has 41 heavy (non-hydrogen) atoms. The lowest BCUT2D eigenvalue weighted by Crippen LogP contribution is -2.74. The van der Waals surface area contributed by atoms with Crippen molar-refractivity contribution in [3.63, 3.8) is 0 Å². The zero-order valence-electron chi connectivity index (χ0n) is 23.5. The van der Waals surface area contributed by atoms with E-state index in [-0.39, 0.29) is 29.5 Å². The molecule has 3 saturated heterocycles. The molecule has 10 nitrogen and oxygen atoms in total. The van der Waals surface area contributed by atoms with E-state index >= 15 is 0 Å². The Balaban J connectivity index is 1.27. The van der Waals surface area contributed by atoms with Crippen molar-refractivity contribution in [3.8, 4) is 5.75 Å². The van der Waals surface area contributed by atoms with Crippen molar-refractivity contribution in [3.05, 3.63) is 65.2 Å². The summed E-state index contributed by atoms with van der Waals surface area (Å²) in [5, 5.41) is 24.3. The van der Waals surface area contributed by atoms with Crippen molar-refractivity contribution in [2.24, 2.45) is 0 Å². The van der Waals surface area contributed by atoms with E-state index in [1.165, 1.54) is 22.7 Å². The van der Waals surface area contributed by atoms with Crippen molar-refractivity contribution in [1.29, 1.82) is 0 Å². The molecule has 3 amide bonds. The van der Waals surface area contributed by atoms with Crippen molar-refractivity contribution in [1.82, 2.24) is 20.0 Å². The molecule has 3 fully saturated rings. The van der Waals surface area contributed by atoms with Crippen LogP contribution in [0.4, 0.5) is 0 Å². The molecule has 1 unspecified atom stereocenters. The average molecular weight is 583 g/mol. The molecule has 0 aromatic heterocycles. The molecule has 2 aromatic rings. The topological polar surface area (TPSA) is 123 Å². The molecular formula is C30H38N4O6S. The van der Waals surface area contributed by atoms with Crippen LogP contribution in [0.2, 0.25) is 0 Å². The quantitative estimate of drug-likeness (QED) is 0.361. The van der Waals surface area contributed by atoms with Crippen LogP contribution >= 0.6 is 11.8 Å². The number of phenols is 1. The number of fused-ring (bicyclic) bond motifs is 1. The summed E-state index contributed by atoms with van der Waals surface area (Å²) in [5.74, 6) is -0.931. The average Bonchev–Trinajstić information content (AvgIpc) is 3.29. The van der Waals surface area contributed by atoms with Gasteiger partial charge in [0.2, 0.25) is 5.91 Å². The van der Waals surface area contributed by atoms with Gasteiger partial charge >= 0.3 is 0 Å². The van der Waals surface area contributed by atoms with Crippen LogP contribution < -0.4 is 5.32 Å². The first-order chi connectivity index (χ1) is 19.7. The van der Waals surface area contributed by atoms with E-state index in [0.717, 1.165) is 44.8 Å². The molecule has 0 bridgehead atoms. The molecule has 0 spiro atoms. The number of aliphatic hydroxyl groups excluding tert-OH is 1. The molecule has 0 aliphatic carbocycles. The predicted molar refractivity (Wildman–Crippen MR) is 155 cm³/mol. The number of likely N-dealkylation sites (tertiary alicyclic amines) is 1. The van der Waals surface area contributed by atoms with Crippen molar-refractivity contribution in [2.75, 3.05) is 45.3 Å². The van der Waals surface area contributed by atoms with E-state index in [1.54, 1.807) is 19.1 Å². The van der Waals surface area contributed by atoms with Crippen LogP contribution in [-0.4, -0.2) is 111 Å². The van der Waals surface area contributed by atoms with Gasteiger partial charge in [-0.05, 0) is 44.4 Å². The van der Waals surface area contributed by atoms with Crippen LogP contribution in [0.25, 0.3) is 0 Å². The molecule has 3 heterocycles. The first kappa shape index (κ1) is 29.4. The fraction of sp³-hybridized carbons (Fsp3) is 0.500. The number of nitrogens with zero attached hydrogens (tertiary/aromatic N) is 3. The van der Waals surface area contributed by atoms with Gasteiger partial charge in [-0.15, -0.1) is 11.8 Å². The van der Waals surface area contributed by atoms with Crippen LogP contribution in [0.5, 0.6) is 5.75 Å². The molecule has 220 valence electrons. The highest BCUT2D eigenvalue weighted by Crippen LogP contribution is 2.50. The maximum atomic E-state index is 13.7. The van der Waals surface area contributed by atoms with Crippen LogP contribution in [0.3, 0.4) is 0 Å². The molecule has 3 aliphatic rings. The Morgan fingerprint density at radius 3 is 2.59 bits per heavy atom. The second-order valence-corrected chi connectivity index (χ2v) is 12.4. The van der Waals surface area contributed by atoms with Gasteiger partial charge in [-0.1, -0.05) is 36.4 Å². The van der Waals surface area contributed by atoms with E-state index < -0.39 is 34.9 Å². The van der Waals surface area contributed by atoms with Gasteiger partial charge in [0, 0.05) is 37.3 Å². The maximum Gasteiger partial charge on any atom is 0.255 e. The third kappa shape index (κ3) is 5.94. The summed E-state index contributed by atoms with van der Waals surface area (Å²) in [6.07, 6.45) is -0.518. The number of nitrogens with one attached hydrogen (secondary N) is 1. The monoisotopic (exact) mass is 582 g/mol. The lowest BCUT2D eigenvalue weighted by Gasteiger charge is -2.53. The van der Waals surface area contributed by atoms with Crippen LogP contribution in [0, 0.1) is 6.92 Å². The minimum absolute atomic E-state index is 0.0137. The maximum absolute atomic E-state index is 13.7. The van der Waals surface area contributed by atoms with Crippen molar-refractivity contribution < 1.29 is 29.3 Å². The molecule has 11 heteroatoms. The van der Waals surface area contributed by atoms with Crippen molar-refractivity contribution in [2.45, 2.75) is 49.7 Å². The van der Waals surface area contributed by atoms with Gasteiger partial charge in [-0.3, -0.25) is 19.3 Å². The number of amides is 3. The zero-order valence-corrected chi connectivity index (χ0v) is 24.3. The Morgan fingerprint density at radius 1 is 1.12 bits per heavy atom. The highest BCUT2D eigenvalue weighted by molar-refractivity contribution is 8.01. The van der Waals surface area contributed by atoms with Gasteiger partial charge in [0.1, 0.15) is 16.7 Å². The Kier molecular flexibility index (Phi) is 8.88. The van der Waals surface area contributed by atoms with Gasteiger partial charge in [0.25, 0.3) is 11.8 Å². The predicted octanol–water partition coefficient (Wildman–Crippen LogP) is 1.58. The standard InChI is InChI=1S/C30H38N4O6S/c1-20-22(10-6-11-24(20)35)27(37)31-23(18-21-8-4-3-5-9-21)25(36)28(38)33-19-41-30(2)26(33)29(39)34(30)13-7-12-32-14-16-40-17-15-32/h3-6,8-11,23,25-26,35-36H,7,12-19H2,1-2H3,(H,31,37)/t23-,25-,26+,30?/m0/s1. The lowest BCUT2D eigenvalue weighted by atomic mass is 9.92. The summed E-state index contributed by atoms with van der Waals surface area (Å²) in [7, 11) is 0. The summed E-state index contributed by atoms with van der Waals surface area (Å²) in [6, 6.07) is 12.3. The zero-order chi connectivity index (χ0) is 29.1. The number of hydrogen-bond acceptors (Lipinski definition) is 8. The molecule has 4 atom stereocenters. The third-order valence-electron chi connectivity index (χ3n) is 8.39. The second-order valence-electron chi connectivity index (χ2n) is 11.0. The molecule has 2 aromatic carbocycles. The Morgan fingerprint density at radius 2 is 1.85 bits per heavy atom. The number of benzene rings is 2. The number of rotatable bonds is 10. The summed E-state index contributed by atoms with van der Waals surface area (Å²) < 4.78 is 5.41. The largest absolute Gasteiger partial charge is 0.508 e. The number of β-lactam (4-membered cyclic amide) rings is 1. The van der Waals surface area contributed by atoms with Gasteiger partial charge < -0.3 is 30.1 Å². The van der Waals surface area contributed by atoms with Gasteiger partial charge in [-0.2, -0.15) is 0 Å². The summed E-state index contributed by atoms with van der Waals surface area (Å²) >= 11 is 1.53. The van der Waals surface area contributed by atoms with Crippen LogP contribution in [0.1, 0.15) is 34.8 Å². The normalized spacial score (nSPS) is 24.0. The number of carbonyl (C=O) groups excluding carboxylic acids is 3. The molecule has 3 N–H and O–H groups in total. The number of phenolic OH excluding ortho intramolecular Hbond substituents is 1.